The van der Waals surface area contributed by atoms with Crippen LogP contribution in [0.15, 0.2) is 36.4 Å². The number of rotatable bonds is 7. The van der Waals surface area contributed by atoms with Crippen LogP contribution in [0.25, 0.3) is 0 Å². The Morgan fingerprint density at radius 1 is 1.32 bits per heavy atom. The third-order valence-corrected chi connectivity index (χ3v) is 4.54. The van der Waals surface area contributed by atoms with E-state index >= 15 is 0 Å². The lowest BCUT2D eigenvalue weighted by molar-refractivity contribution is -0.119. The smallest absolute Gasteiger partial charge is 0.217 e. The quantitative estimate of drug-likeness (QED) is 0.795. The molecular formula is C21H24N4O3. The molecule has 28 heavy (non-hydrogen) atoms. The van der Waals surface area contributed by atoms with E-state index in [0.29, 0.717) is 31.3 Å². The van der Waals surface area contributed by atoms with Gasteiger partial charge >= 0.3 is 0 Å². The molecule has 1 amide bonds. The number of carbonyl (C=O) groups is 1. The molecule has 1 unspecified atom stereocenters. The van der Waals surface area contributed by atoms with Crippen molar-refractivity contribution in [2.45, 2.75) is 32.9 Å². The van der Waals surface area contributed by atoms with Crippen LogP contribution in [0.5, 0.6) is 11.6 Å². The maximum atomic E-state index is 11.2. The molecule has 1 aliphatic heterocycles. The topological polar surface area (TPSA) is 87.5 Å². The van der Waals surface area contributed by atoms with Crippen LogP contribution in [0.4, 0.5) is 5.69 Å². The van der Waals surface area contributed by atoms with Crippen molar-refractivity contribution in [2.75, 3.05) is 24.6 Å². The number of nitriles is 1. The van der Waals surface area contributed by atoms with Gasteiger partial charge in [-0.05, 0) is 37.6 Å². The van der Waals surface area contributed by atoms with E-state index in [4.69, 9.17) is 9.47 Å². The minimum atomic E-state index is -0.0529. The molecule has 1 fully saturated rings. The first kappa shape index (κ1) is 19.5. The van der Waals surface area contributed by atoms with Gasteiger partial charge in [0.1, 0.15) is 17.9 Å². The Morgan fingerprint density at radius 3 is 2.64 bits per heavy atom. The monoisotopic (exact) mass is 380 g/mol. The second-order valence-corrected chi connectivity index (χ2v) is 6.70. The minimum Gasteiger partial charge on any atom is -0.487 e. The zero-order chi connectivity index (χ0) is 20.1. The fourth-order valence-electron chi connectivity index (χ4n) is 3.12. The molecule has 0 saturated carbocycles. The number of anilines is 1. The highest BCUT2D eigenvalue weighted by atomic mass is 16.5. The molecule has 1 aromatic heterocycles. The molecule has 2 heterocycles. The van der Waals surface area contributed by atoms with E-state index in [9.17, 15) is 10.1 Å². The zero-order valence-electron chi connectivity index (χ0n) is 16.3. The molecule has 3 rings (SSSR count). The number of hydrogen-bond acceptors (Lipinski definition) is 6. The number of pyridine rings is 1. The van der Waals surface area contributed by atoms with Crippen molar-refractivity contribution in [1.82, 2.24) is 10.3 Å². The van der Waals surface area contributed by atoms with Crippen LogP contribution in [-0.2, 0) is 4.79 Å². The van der Waals surface area contributed by atoms with Crippen molar-refractivity contribution < 1.29 is 14.3 Å². The van der Waals surface area contributed by atoms with Crippen LogP contribution in [0, 0.1) is 11.3 Å². The summed E-state index contributed by atoms with van der Waals surface area (Å²) in [4.78, 5) is 17.5. The highest BCUT2D eigenvalue weighted by molar-refractivity contribution is 5.73. The lowest BCUT2D eigenvalue weighted by Gasteiger charge is -2.40. The van der Waals surface area contributed by atoms with E-state index in [0.717, 1.165) is 17.0 Å². The summed E-state index contributed by atoms with van der Waals surface area (Å²) in [7, 11) is 0. The van der Waals surface area contributed by atoms with Crippen LogP contribution in [-0.4, -0.2) is 36.7 Å². The van der Waals surface area contributed by atoms with Gasteiger partial charge in [-0.3, -0.25) is 4.79 Å². The largest absolute Gasteiger partial charge is 0.487 e. The lowest BCUT2D eigenvalue weighted by atomic mass is 10.1. The Balaban J connectivity index is 1.56. The molecule has 1 aromatic carbocycles. The Morgan fingerprint density at radius 2 is 2.04 bits per heavy atom. The summed E-state index contributed by atoms with van der Waals surface area (Å²) < 4.78 is 11.4. The van der Waals surface area contributed by atoms with E-state index in [-0.39, 0.29) is 18.1 Å². The average Bonchev–Trinajstić information content (AvgIpc) is 2.65. The fraction of sp³-hybridized carbons (Fsp3) is 0.381. The summed E-state index contributed by atoms with van der Waals surface area (Å²) >= 11 is 0. The maximum absolute atomic E-state index is 11.2. The molecule has 0 bridgehead atoms. The molecule has 0 aliphatic carbocycles. The van der Waals surface area contributed by atoms with Crippen molar-refractivity contribution in [3.63, 3.8) is 0 Å². The summed E-state index contributed by atoms with van der Waals surface area (Å²) in [5, 5.41) is 12.2. The molecular weight excluding hydrogens is 356 g/mol. The second-order valence-electron chi connectivity index (χ2n) is 6.70. The van der Waals surface area contributed by atoms with Crippen molar-refractivity contribution in [2.24, 2.45) is 0 Å². The first-order valence-electron chi connectivity index (χ1n) is 9.32. The summed E-state index contributed by atoms with van der Waals surface area (Å²) in [5.41, 5.74) is 2.18. The van der Waals surface area contributed by atoms with Gasteiger partial charge in [-0.15, -0.1) is 0 Å². The Kier molecular flexibility index (Phi) is 5.99. The Labute approximate surface area is 164 Å². The van der Waals surface area contributed by atoms with Crippen LogP contribution in [0.3, 0.4) is 0 Å². The SMILES string of the molecule is CCOc1ccc(N2CC(Oc3ccc(C(C)NC(C)=O)cc3)C2)c(C#N)n1. The van der Waals surface area contributed by atoms with Crippen molar-refractivity contribution in [3.8, 4) is 17.7 Å². The Bertz CT molecular complexity index is 870. The number of carbonyl (C=O) groups excluding carboxylic acids is 1. The molecule has 7 heteroatoms. The fourth-order valence-corrected chi connectivity index (χ4v) is 3.12. The maximum Gasteiger partial charge on any atom is 0.217 e. The van der Waals surface area contributed by atoms with Crippen LogP contribution >= 0.6 is 0 Å². The third kappa shape index (κ3) is 4.52. The zero-order valence-corrected chi connectivity index (χ0v) is 16.3. The number of hydrogen-bond donors (Lipinski definition) is 1. The van der Waals surface area contributed by atoms with E-state index in [2.05, 4.69) is 21.3 Å². The summed E-state index contributed by atoms with van der Waals surface area (Å²) in [6, 6.07) is 13.5. The number of aromatic nitrogens is 1. The first-order chi connectivity index (χ1) is 13.5. The predicted octanol–water partition coefficient (Wildman–Crippen LogP) is 2.82. The number of benzene rings is 1. The average molecular weight is 380 g/mol. The number of amides is 1. The van der Waals surface area contributed by atoms with Crippen molar-refractivity contribution >= 4 is 11.6 Å². The number of nitrogens with one attached hydrogen (secondary N) is 1. The highest BCUT2D eigenvalue weighted by Crippen LogP contribution is 2.28. The molecule has 1 saturated heterocycles. The number of ether oxygens (including phenoxy) is 2. The molecule has 0 spiro atoms. The van der Waals surface area contributed by atoms with Gasteiger partial charge in [0.2, 0.25) is 11.8 Å². The molecule has 7 nitrogen and oxygen atoms in total. The van der Waals surface area contributed by atoms with Crippen molar-refractivity contribution in [1.29, 1.82) is 5.26 Å². The lowest BCUT2D eigenvalue weighted by Crippen LogP contribution is -2.54. The Hall–Kier alpha value is -3.27. The van der Waals surface area contributed by atoms with Crippen molar-refractivity contribution in [3.05, 3.63) is 47.7 Å². The van der Waals surface area contributed by atoms with Crippen LogP contribution in [0.2, 0.25) is 0 Å². The van der Waals surface area contributed by atoms with Gasteiger partial charge < -0.3 is 19.7 Å². The van der Waals surface area contributed by atoms with Gasteiger partial charge in [0, 0.05) is 13.0 Å². The van der Waals surface area contributed by atoms with Crippen LogP contribution in [0.1, 0.15) is 38.1 Å². The number of nitrogens with zero attached hydrogens (tertiary/aromatic N) is 3. The van der Waals surface area contributed by atoms with E-state index in [1.807, 2.05) is 44.2 Å². The highest BCUT2D eigenvalue weighted by Gasteiger charge is 2.30. The van der Waals surface area contributed by atoms with Gasteiger partial charge in [0.25, 0.3) is 0 Å². The predicted molar refractivity (Wildman–Crippen MR) is 105 cm³/mol. The molecule has 0 radical (unpaired) electrons. The van der Waals surface area contributed by atoms with Gasteiger partial charge in [0.05, 0.1) is 31.4 Å². The van der Waals surface area contributed by atoms with E-state index < -0.39 is 0 Å². The van der Waals surface area contributed by atoms with Gasteiger partial charge in [0.15, 0.2) is 5.69 Å². The van der Waals surface area contributed by atoms with Crippen LogP contribution < -0.4 is 19.7 Å². The first-order valence-corrected chi connectivity index (χ1v) is 9.32. The molecule has 1 N–H and O–H groups in total. The second kappa shape index (κ2) is 8.61. The summed E-state index contributed by atoms with van der Waals surface area (Å²) in [6.45, 7) is 7.22. The summed E-state index contributed by atoms with van der Waals surface area (Å²) in [6.07, 6.45) is 0.0525. The normalized spacial score (nSPS) is 14.6. The van der Waals surface area contributed by atoms with Gasteiger partial charge in [-0.25, -0.2) is 4.98 Å². The molecule has 1 atom stereocenters. The van der Waals surface area contributed by atoms with Gasteiger partial charge in [-0.2, -0.15) is 5.26 Å². The molecule has 1 aliphatic rings. The summed E-state index contributed by atoms with van der Waals surface area (Å²) in [5.74, 6) is 1.20. The van der Waals surface area contributed by atoms with Gasteiger partial charge in [-0.1, -0.05) is 12.1 Å². The molecule has 2 aromatic rings. The molecule has 146 valence electrons. The van der Waals surface area contributed by atoms with E-state index in [1.54, 1.807) is 6.07 Å². The third-order valence-electron chi connectivity index (χ3n) is 4.54. The minimum absolute atomic E-state index is 0.0395. The standard InChI is InChI=1S/C21H24N4O3/c1-4-27-21-10-9-20(19(11-22)24-21)25-12-18(13-25)28-17-7-5-16(6-8-17)14(2)23-15(3)26/h5-10,14,18H,4,12-13H2,1-3H3,(H,23,26). The van der Waals surface area contributed by atoms with E-state index in [1.165, 1.54) is 6.92 Å².